The number of anilines is 1. The fourth-order valence-corrected chi connectivity index (χ4v) is 1.86. The summed E-state index contributed by atoms with van der Waals surface area (Å²) in [6, 6.07) is 8.36. The molecule has 1 aliphatic carbocycles. The molecule has 4 heteroatoms. The summed E-state index contributed by atoms with van der Waals surface area (Å²) in [5, 5.41) is 7.35. The average Bonchev–Trinajstić information content (AvgIpc) is 3.12. The Morgan fingerprint density at radius 1 is 1.28 bits per heavy atom. The van der Waals surface area contributed by atoms with Crippen molar-refractivity contribution in [2.24, 2.45) is 0 Å². The van der Waals surface area contributed by atoms with Crippen LogP contribution >= 0.6 is 0 Å². The molecule has 2 aromatic rings. The van der Waals surface area contributed by atoms with Gasteiger partial charge in [0.15, 0.2) is 5.82 Å². The summed E-state index contributed by atoms with van der Waals surface area (Å²) in [5.74, 6) is 2.18. The molecule has 1 aromatic heterocycles. The third kappa shape index (κ3) is 2.70. The molecule has 0 bridgehead atoms. The topological polar surface area (TPSA) is 51.0 Å². The molecule has 0 radical (unpaired) electrons. The van der Waals surface area contributed by atoms with Crippen molar-refractivity contribution in [1.82, 2.24) is 10.1 Å². The monoisotopic (exact) mass is 243 g/mol. The highest BCUT2D eigenvalue weighted by Gasteiger charge is 2.28. The molecule has 18 heavy (non-hydrogen) atoms. The molecule has 0 unspecified atom stereocenters. The number of nitrogens with one attached hydrogen (secondary N) is 1. The zero-order valence-electron chi connectivity index (χ0n) is 10.5. The first-order valence-corrected chi connectivity index (χ1v) is 6.44. The Hall–Kier alpha value is -1.84. The Kier molecular flexibility index (Phi) is 3.00. The Bertz CT molecular complexity index is 514. The van der Waals surface area contributed by atoms with Crippen molar-refractivity contribution >= 4 is 5.69 Å². The minimum atomic E-state index is 0.563. The smallest absolute Gasteiger partial charge is 0.228 e. The fourth-order valence-electron chi connectivity index (χ4n) is 1.86. The van der Waals surface area contributed by atoms with Gasteiger partial charge >= 0.3 is 0 Å². The summed E-state index contributed by atoms with van der Waals surface area (Å²) < 4.78 is 5.22. The van der Waals surface area contributed by atoms with Gasteiger partial charge in [0.25, 0.3) is 0 Å². The summed E-state index contributed by atoms with van der Waals surface area (Å²) in [6.45, 7) is 2.90. The highest BCUT2D eigenvalue weighted by molar-refractivity contribution is 5.44. The molecule has 0 saturated heterocycles. The maximum absolute atomic E-state index is 5.22. The van der Waals surface area contributed by atoms with Crippen molar-refractivity contribution < 1.29 is 4.52 Å². The second-order valence-electron chi connectivity index (χ2n) is 4.86. The van der Waals surface area contributed by atoms with E-state index in [9.17, 15) is 0 Å². The van der Waals surface area contributed by atoms with E-state index in [0.29, 0.717) is 5.92 Å². The number of aryl methyl sites for hydroxylation is 1. The number of aromatic nitrogens is 2. The van der Waals surface area contributed by atoms with Crippen molar-refractivity contribution in [3.8, 4) is 0 Å². The summed E-state index contributed by atoms with van der Waals surface area (Å²) in [6.07, 6.45) is 3.19. The van der Waals surface area contributed by atoms with Gasteiger partial charge in [-0.25, -0.2) is 0 Å². The first-order valence-electron chi connectivity index (χ1n) is 6.44. The zero-order valence-corrected chi connectivity index (χ0v) is 10.5. The van der Waals surface area contributed by atoms with E-state index in [1.54, 1.807) is 0 Å². The van der Waals surface area contributed by atoms with Crippen LogP contribution in [0.25, 0.3) is 0 Å². The van der Waals surface area contributed by atoms with Gasteiger partial charge in [-0.05, 0) is 31.9 Å². The van der Waals surface area contributed by atoms with Gasteiger partial charge in [0, 0.05) is 24.6 Å². The number of nitrogens with zero attached hydrogens (tertiary/aromatic N) is 2. The number of hydrogen-bond acceptors (Lipinski definition) is 4. The summed E-state index contributed by atoms with van der Waals surface area (Å²) >= 11 is 0. The molecular formula is C14H17N3O. The maximum atomic E-state index is 5.22. The van der Waals surface area contributed by atoms with Crippen molar-refractivity contribution in [2.45, 2.75) is 32.1 Å². The molecule has 1 aromatic carbocycles. The lowest BCUT2D eigenvalue weighted by molar-refractivity contribution is 0.375. The van der Waals surface area contributed by atoms with E-state index in [2.05, 4.69) is 46.6 Å². The second-order valence-corrected chi connectivity index (χ2v) is 4.86. The third-order valence-corrected chi connectivity index (χ3v) is 3.15. The molecular weight excluding hydrogens is 226 g/mol. The standard InChI is InChI=1S/C14H17N3O/c1-10-2-6-12(7-3-10)15-9-8-13-16-14(17-18-13)11-4-5-11/h2-3,6-7,11,15H,4-5,8-9H2,1H3. The number of rotatable bonds is 5. The van der Waals surface area contributed by atoms with E-state index in [0.717, 1.165) is 30.4 Å². The maximum Gasteiger partial charge on any atom is 0.228 e. The van der Waals surface area contributed by atoms with Crippen LogP contribution in [0.15, 0.2) is 28.8 Å². The molecule has 3 rings (SSSR count). The van der Waals surface area contributed by atoms with Gasteiger partial charge < -0.3 is 9.84 Å². The van der Waals surface area contributed by atoms with Crippen LogP contribution in [-0.4, -0.2) is 16.7 Å². The molecule has 0 aliphatic heterocycles. The lowest BCUT2D eigenvalue weighted by Gasteiger charge is -2.04. The largest absolute Gasteiger partial charge is 0.385 e. The Labute approximate surface area is 106 Å². The quantitative estimate of drug-likeness (QED) is 0.877. The molecule has 94 valence electrons. The molecule has 1 heterocycles. The summed E-state index contributed by atoms with van der Waals surface area (Å²) in [4.78, 5) is 4.40. The molecule has 1 saturated carbocycles. The van der Waals surface area contributed by atoms with Crippen molar-refractivity contribution in [1.29, 1.82) is 0 Å². The Morgan fingerprint density at radius 2 is 2.06 bits per heavy atom. The second kappa shape index (κ2) is 4.80. The molecule has 1 fully saturated rings. The molecule has 1 aliphatic rings. The van der Waals surface area contributed by atoms with Gasteiger partial charge in [-0.2, -0.15) is 4.98 Å². The zero-order chi connectivity index (χ0) is 12.4. The highest BCUT2D eigenvalue weighted by Crippen LogP contribution is 2.38. The van der Waals surface area contributed by atoms with Crippen molar-refractivity contribution in [2.75, 3.05) is 11.9 Å². The van der Waals surface area contributed by atoms with Gasteiger partial charge in [-0.15, -0.1) is 0 Å². The molecule has 4 nitrogen and oxygen atoms in total. The lowest BCUT2D eigenvalue weighted by atomic mass is 10.2. The van der Waals surface area contributed by atoms with Crippen LogP contribution in [0, 0.1) is 6.92 Å². The van der Waals surface area contributed by atoms with E-state index < -0.39 is 0 Å². The lowest BCUT2D eigenvalue weighted by Crippen LogP contribution is -2.05. The fraction of sp³-hybridized carbons (Fsp3) is 0.429. The number of benzene rings is 1. The first-order chi connectivity index (χ1) is 8.81. The molecule has 1 N–H and O–H groups in total. The predicted octanol–water partition coefficient (Wildman–Crippen LogP) is 2.91. The molecule has 0 amide bonds. The van der Waals surface area contributed by atoms with Crippen molar-refractivity contribution in [3.05, 3.63) is 41.5 Å². The minimum absolute atomic E-state index is 0.563. The van der Waals surface area contributed by atoms with Gasteiger partial charge in [0.2, 0.25) is 5.89 Å². The van der Waals surface area contributed by atoms with E-state index in [1.165, 1.54) is 18.4 Å². The van der Waals surface area contributed by atoms with Crippen LogP contribution in [-0.2, 0) is 6.42 Å². The van der Waals surface area contributed by atoms with Crippen LogP contribution in [0.5, 0.6) is 0 Å². The summed E-state index contributed by atoms with van der Waals surface area (Å²) in [5.41, 5.74) is 2.40. The molecule has 0 atom stereocenters. The number of hydrogen-bond donors (Lipinski definition) is 1. The van der Waals surface area contributed by atoms with Crippen molar-refractivity contribution in [3.63, 3.8) is 0 Å². The van der Waals surface area contributed by atoms with Crippen LogP contribution in [0.3, 0.4) is 0 Å². The van der Waals surface area contributed by atoms with Crippen LogP contribution in [0.2, 0.25) is 0 Å². The van der Waals surface area contributed by atoms with Crippen LogP contribution in [0.1, 0.15) is 36.0 Å². The SMILES string of the molecule is Cc1ccc(NCCc2nc(C3CC3)no2)cc1. The minimum Gasteiger partial charge on any atom is -0.385 e. The van der Waals surface area contributed by atoms with E-state index in [1.807, 2.05) is 0 Å². The third-order valence-electron chi connectivity index (χ3n) is 3.15. The van der Waals surface area contributed by atoms with Gasteiger partial charge in [0.05, 0.1) is 0 Å². The Morgan fingerprint density at radius 3 is 2.78 bits per heavy atom. The Balaban J connectivity index is 1.49. The predicted molar refractivity (Wildman–Crippen MR) is 69.6 cm³/mol. The first kappa shape index (κ1) is 11.3. The van der Waals surface area contributed by atoms with E-state index >= 15 is 0 Å². The van der Waals surface area contributed by atoms with Gasteiger partial charge in [-0.3, -0.25) is 0 Å². The molecule has 0 spiro atoms. The average molecular weight is 243 g/mol. The highest BCUT2D eigenvalue weighted by atomic mass is 16.5. The summed E-state index contributed by atoms with van der Waals surface area (Å²) in [7, 11) is 0. The normalized spacial score (nSPS) is 14.7. The van der Waals surface area contributed by atoms with E-state index in [-0.39, 0.29) is 0 Å². The van der Waals surface area contributed by atoms with Gasteiger partial charge in [-0.1, -0.05) is 22.9 Å². The van der Waals surface area contributed by atoms with Gasteiger partial charge in [0.1, 0.15) is 0 Å². The van der Waals surface area contributed by atoms with E-state index in [4.69, 9.17) is 4.52 Å². The van der Waals surface area contributed by atoms with Crippen LogP contribution < -0.4 is 5.32 Å². The van der Waals surface area contributed by atoms with Crippen LogP contribution in [0.4, 0.5) is 5.69 Å².